The Hall–Kier alpha value is -3.48. The SMILES string of the molecule is Cc1cc(C)cc(NC(=O)COC(=O)c2nn(-c3ccc(F)cc3)c3c2CCC3)c1. The van der Waals surface area contributed by atoms with Crippen LogP contribution in [-0.2, 0) is 22.4 Å². The molecule has 1 aromatic heterocycles. The highest BCUT2D eigenvalue weighted by Crippen LogP contribution is 2.28. The van der Waals surface area contributed by atoms with Crippen LogP contribution in [0.2, 0.25) is 0 Å². The summed E-state index contributed by atoms with van der Waals surface area (Å²) in [6.07, 6.45) is 2.40. The summed E-state index contributed by atoms with van der Waals surface area (Å²) in [7, 11) is 0. The largest absolute Gasteiger partial charge is 0.451 e. The molecule has 1 aliphatic rings. The van der Waals surface area contributed by atoms with Gasteiger partial charge in [-0.05, 0) is 80.6 Å². The summed E-state index contributed by atoms with van der Waals surface area (Å²) in [5, 5.41) is 7.15. The maximum Gasteiger partial charge on any atom is 0.359 e. The molecule has 0 radical (unpaired) electrons. The van der Waals surface area contributed by atoms with E-state index in [0.29, 0.717) is 11.4 Å². The van der Waals surface area contributed by atoms with Crippen molar-refractivity contribution in [1.29, 1.82) is 0 Å². The predicted molar refractivity (Wildman–Crippen MR) is 110 cm³/mol. The van der Waals surface area contributed by atoms with E-state index in [4.69, 9.17) is 4.74 Å². The Morgan fingerprint density at radius 3 is 2.50 bits per heavy atom. The van der Waals surface area contributed by atoms with E-state index in [0.717, 1.165) is 41.6 Å². The summed E-state index contributed by atoms with van der Waals surface area (Å²) < 4.78 is 20.1. The van der Waals surface area contributed by atoms with Gasteiger partial charge in [-0.1, -0.05) is 6.07 Å². The third-order valence-corrected chi connectivity index (χ3v) is 5.03. The minimum absolute atomic E-state index is 0.214. The average Bonchev–Trinajstić information content (AvgIpc) is 3.29. The quantitative estimate of drug-likeness (QED) is 0.651. The fourth-order valence-electron chi connectivity index (χ4n) is 3.84. The number of anilines is 1. The second kappa shape index (κ2) is 8.10. The van der Waals surface area contributed by atoms with Crippen LogP contribution in [0.1, 0.15) is 39.3 Å². The van der Waals surface area contributed by atoms with Crippen LogP contribution in [0, 0.1) is 19.7 Å². The average molecular weight is 407 g/mol. The zero-order valence-electron chi connectivity index (χ0n) is 16.9. The number of amides is 1. The molecule has 0 saturated carbocycles. The topological polar surface area (TPSA) is 73.2 Å². The Morgan fingerprint density at radius 2 is 1.80 bits per heavy atom. The number of aromatic nitrogens is 2. The smallest absolute Gasteiger partial charge is 0.359 e. The number of ether oxygens (including phenoxy) is 1. The normalized spacial score (nSPS) is 12.5. The van der Waals surface area contributed by atoms with Crippen LogP contribution in [0.25, 0.3) is 5.69 Å². The number of esters is 1. The number of hydrogen-bond acceptors (Lipinski definition) is 4. The van der Waals surface area contributed by atoms with Crippen LogP contribution in [0.3, 0.4) is 0 Å². The van der Waals surface area contributed by atoms with Gasteiger partial charge in [-0.3, -0.25) is 4.79 Å². The number of benzene rings is 2. The molecule has 0 bridgehead atoms. The zero-order valence-corrected chi connectivity index (χ0v) is 16.9. The number of nitrogens with one attached hydrogen (secondary N) is 1. The lowest BCUT2D eigenvalue weighted by molar-refractivity contribution is -0.119. The number of hydrogen-bond donors (Lipinski definition) is 1. The molecule has 6 nitrogen and oxygen atoms in total. The fraction of sp³-hybridized carbons (Fsp3) is 0.261. The molecule has 3 aromatic rings. The van der Waals surface area contributed by atoms with Gasteiger partial charge in [0.2, 0.25) is 0 Å². The molecule has 0 atom stereocenters. The highest BCUT2D eigenvalue weighted by atomic mass is 19.1. The van der Waals surface area contributed by atoms with Crippen LogP contribution in [-0.4, -0.2) is 28.3 Å². The number of nitrogens with zero attached hydrogens (tertiary/aromatic N) is 2. The summed E-state index contributed by atoms with van der Waals surface area (Å²) in [4.78, 5) is 24.8. The van der Waals surface area contributed by atoms with Crippen LogP contribution in [0.5, 0.6) is 0 Å². The fourth-order valence-corrected chi connectivity index (χ4v) is 3.84. The standard InChI is InChI=1S/C23H22FN3O3/c1-14-10-15(2)12-17(11-14)25-21(28)13-30-23(29)22-19-4-3-5-20(19)27(26-22)18-8-6-16(24)7-9-18/h6-12H,3-5,13H2,1-2H3,(H,25,28). The van der Waals surface area contributed by atoms with E-state index < -0.39 is 18.5 Å². The maximum absolute atomic E-state index is 13.2. The molecular weight excluding hydrogens is 385 g/mol. The number of fused-ring (bicyclic) bond motifs is 1. The highest BCUT2D eigenvalue weighted by Gasteiger charge is 2.28. The lowest BCUT2D eigenvalue weighted by Gasteiger charge is -2.08. The van der Waals surface area contributed by atoms with Crippen molar-refractivity contribution >= 4 is 17.6 Å². The number of carbonyl (C=O) groups is 2. The summed E-state index contributed by atoms with van der Waals surface area (Å²) >= 11 is 0. The lowest BCUT2D eigenvalue weighted by Crippen LogP contribution is -2.21. The first kappa shape index (κ1) is 19.8. The van der Waals surface area contributed by atoms with Gasteiger partial charge in [0.25, 0.3) is 5.91 Å². The summed E-state index contributed by atoms with van der Waals surface area (Å²) in [6.45, 7) is 3.49. The molecule has 1 heterocycles. The van der Waals surface area contributed by atoms with Crippen LogP contribution in [0.4, 0.5) is 10.1 Å². The Morgan fingerprint density at radius 1 is 1.10 bits per heavy atom. The van der Waals surface area contributed by atoms with Gasteiger partial charge in [0.1, 0.15) is 5.82 Å². The molecule has 1 aliphatic carbocycles. The van der Waals surface area contributed by atoms with E-state index in [-0.39, 0.29) is 11.5 Å². The molecule has 0 spiro atoms. The minimum atomic E-state index is -0.635. The van der Waals surface area contributed by atoms with Crippen molar-refractivity contribution in [2.75, 3.05) is 11.9 Å². The van der Waals surface area contributed by atoms with Crippen molar-refractivity contribution in [2.24, 2.45) is 0 Å². The molecule has 4 rings (SSSR count). The first-order valence-electron chi connectivity index (χ1n) is 9.82. The third kappa shape index (κ3) is 4.10. The second-order valence-electron chi connectivity index (χ2n) is 7.52. The van der Waals surface area contributed by atoms with Gasteiger partial charge in [-0.25, -0.2) is 13.9 Å². The van der Waals surface area contributed by atoms with Gasteiger partial charge in [0, 0.05) is 16.9 Å². The van der Waals surface area contributed by atoms with Gasteiger partial charge < -0.3 is 10.1 Å². The molecule has 1 N–H and O–H groups in total. The van der Waals surface area contributed by atoms with Crippen molar-refractivity contribution in [2.45, 2.75) is 33.1 Å². The van der Waals surface area contributed by atoms with Gasteiger partial charge >= 0.3 is 5.97 Å². The molecule has 154 valence electrons. The zero-order chi connectivity index (χ0) is 21.3. The summed E-state index contributed by atoms with van der Waals surface area (Å²) in [5.41, 5.74) is 5.38. The van der Waals surface area contributed by atoms with Gasteiger partial charge in [-0.15, -0.1) is 0 Å². The Balaban J connectivity index is 1.47. The van der Waals surface area contributed by atoms with E-state index in [1.54, 1.807) is 16.8 Å². The Bertz CT molecular complexity index is 1100. The van der Waals surface area contributed by atoms with E-state index in [1.165, 1.54) is 12.1 Å². The maximum atomic E-state index is 13.2. The van der Waals surface area contributed by atoms with E-state index in [1.807, 2.05) is 32.0 Å². The molecule has 30 heavy (non-hydrogen) atoms. The number of aryl methyl sites for hydroxylation is 2. The first-order chi connectivity index (χ1) is 14.4. The molecule has 1 amide bonds. The van der Waals surface area contributed by atoms with E-state index in [9.17, 15) is 14.0 Å². The predicted octanol–water partition coefficient (Wildman–Crippen LogP) is 3.91. The van der Waals surface area contributed by atoms with Crippen LogP contribution < -0.4 is 5.32 Å². The summed E-state index contributed by atoms with van der Waals surface area (Å²) in [6, 6.07) is 11.7. The molecular formula is C23H22FN3O3. The molecule has 0 saturated heterocycles. The Labute approximate surface area is 173 Å². The molecule has 0 aliphatic heterocycles. The van der Waals surface area contributed by atoms with Crippen molar-refractivity contribution < 1.29 is 18.7 Å². The van der Waals surface area contributed by atoms with E-state index >= 15 is 0 Å². The van der Waals surface area contributed by atoms with E-state index in [2.05, 4.69) is 10.4 Å². The summed E-state index contributed by atoms with van der Waals surface area (Å²) in [5.74, 6) is -1.38. The van der Waals surface area contributed by atoms with Crippen LogP contribution >= 0.6 is 0 Å². The first-order valence-corrected chi connectivity index (χ1v) is 9.82. The van der Waals surface area contributed by atoms with Gasteiger partial charge in [0.05, 0.1) is 5.69 Å². The third-order valence-electron chi connectivity index (χ3n) is 5.03. The molecule has 0 unspecified atom stereocenters. The molecule has 0 fully saturated rings. The monoisotopic (exact) mass is 407 g/mol. The highest BCUT2D eigenvalue weighted by molar-refractivity contribution is 5.95. The number of rotatable bonds is 5. The van der Waals surface area contributed by atoms with Gasteiger partial charge in [0.15, 0.2) is 12.3 Å². The van der Waals surface area contributed by atoms with Gasteiger partial charge in [-0.2, -0.15) is 5.10 Å². The second-order valence-corrected chi connectivity index (χ2v) is 7.52. The lowest BCUT2D eigenvalue weighted by atomic mass is 10.1. The molecule has 7 heteroatoms. The Kier molecular flexibility index (Phi) is 5.35. The van der Waals surface area contributed by atoms with Crippen molar-refractivity contribution in [3.05, 3.63) is 76.4 Å². The number of halogens is 1. The van der Waals surface area contributed by atoms with Crippen LogP contribution in [0.15, 0.2) is 42.5 Å². The van der Waals surface area contributed by atoms with Crippen molar-refractivity contribution in [1.82, 2.24) is 9.78 Å². The minimum Gasteiger partial charge on any atom is -0.451 e. The molecule has 2 aromatic carbocycles. The van der Waals surface area contributed by atoms with Crippen molar-refractivity contribution in [3.63, 3.8) is 0 Å². The number of carbonyl (C=O) groups excluding carboxylic acids is 2. The van der Waals surface area contributed by atoms with Crippen molar-refractivity contribution in [3.8, 4) is 5.69 Å².